The first kappa shape index (κ1) is 13.8. The summed E-state index contributed by atoms with van der Waals surface area (Å²) in [6, 6.07) is -0.249. The SMILES string of the molecule is CC1CCCC(CCN2CC(O)CC2C(N)=O)C1. The Morgan fingerprint density at radius 2 is 2.17 bits per heavy atom. The lowest BCUT2D eigenvalue weighted by atomic mass is 9.81. The molecule has 1 saturated heterocycles. The number of amides is 1. The maximum Gasteiger partial charge on any atom is 0.234 e. The number of carbonyl (C=O) groups is 1. The average molecular weight is 254 g/mol. The van der Waals surface area contributed by atoms with Crippen LogP contribution < -0.4 is 5.73 Å². The molecule has 2 rings (SSSR count). The molecule has 0 aromatic heterocycles. The molecule has 4 atom stereocenters. The van der Waals surface area contributed by atoms with Gasteiger partial charge in [-0.1, -0.05) is 26.2 Å². The molecule has 18 heavy (non-hydrogen) atoms. The van der Waals surface area contributed by atoms with Gasteiger partial charge in [0.2, 0.25) is 5.91 Å². The fraction of sp³-hybridized carbons (Fsp3) is 0.929. The summed E-state index contributed by atoms with van der Waals surface area (Å²) in [5.74, 6) is 1.35. The van der Waals surface area contributed by atoms with Crippen LogP contribution in [0.4, 0.5) is 0 Å². The topological polar surface area (TPSA) is 66.6 Å². The summed E-state index contributed by atoms with van der Waals surface area (Å²) in [6.07, 6.45) is 6.61. The van der Waals surface area contributed by atoms with Crippen molar-refractivity contribution in [1.29, 1.82) is 0 Å². The van der Waals surface area contributed by atoms with Gasteiger partial charge < -0.3 is 10.8 Å². The number of nitrogens with two attached hydrogens (primary N) is 1. The van der Waals surface area contributed by atoms with Crippen LogP contribution in [0.1, 0.15) is 45.4 Å². The van der Waals surface area contributed by atoms with Crippen molar-refractivity contribution < 1.29 is 9.90 Å². The lowest BCUT2D eigenvalue weighted by Crippen LogP contribution is -2.41. The number of β-amino-alcohol motifs (C(OH)–C–C–N with tert-alkyl or cyclic N) is 1. The zero-order valence-electron chi connectivity index (χ0n) is 11.3. The molecule has 3 N–H and O–H groups in total. The Morgan fingerprint density at radius 3 is 2.83 bits per heavy atom. The second kappa shape index (κ2) is 6.02. The van der Waals surface area contributed by atoms with Crippen molar-refractivity contribution >= 4 is 5.91 Å². The van der Waals surface area contributed by atoms with Crippen molar-refractivity contribution in [3.8, 4) is 0 Å². The van der Waals surface area contributed by atoms with E-state index in [1.54, 1.807) is 0 Å². The van der Waals surface area contributed by atoms with Crippen molar-refractivity contribution in [1.82, 2.24) is 4.90 Å². The Morgan fingerprint density at radius 1 is 1.39 bits per heavy atom. The minimum atomic E-state index is -0.382. The predicted octanol–water partition coefficient (Wildman–Crippen LogP) is 1.12. The predicted molar refractivity (Wildman–Crippen MR) is 70.9 cm³/mol. The Kier molecular flexibility index (Phi) is 4.62. The van der Waals surface area contributed by atoms with E-state index in [4.69, 9.17) is 5.73 Å². The van der Waals surface area contributed by atoms with Crippen LogP contribution >= 0.6 is 0 Å². The first-order valence-corrected chi connectivity index (χ1v) is 7.27. The Hall–Kier alpha value is -0.610. The highest BCUT2D eigenvalue weighted by Crippen LogP contribution is 2.31. The van der Waals surface area contributed by atoms with E-state index in [-0.39, 0.29) is 18.1 Å². The van der Waals surface area contributed by atoms with Crippen molar-refractivity contribution in [2.75, 3.05) is 13.1 Å². The highest BCUT2D eigenvalue weighted by atomic mass is 16.3. The molecule has 2 aliphatic rings. The van der Waals surface area contributed by atoms with Gasteiger partial charge in [0.25, 0.3) is 0 Å². The molecular formula is C14H26N2O2. The Balaban J connectivity index is 1.80. The summed E-state index contributed by atoms with van der Waals surface area (Å²) >= 11 is 0. The third-order valence-corrected chi connectivity index (χ3v) is 4.58. The largest absolute Gasteiger partial charge is 0.392 e. The molecule has 2 fully saturated rings. The van der Waals surface area contributed by atoms with E-state index in [2.05, 4.69) is 11.8 Å². The molecule has 0 aromatic carbocycles. The molecule has 104 valence electrons. The monoisotopic (exact) mass is 254 g/mol. The van der Waals surface area contributed by atoms with E-state index in [1.165, 1.54) is 25.7 Å². The zero-order valence-corrected chi connectivity index (χ0v) is 11.3. The second-order valence-electron chi connectivity index (χ2n) is 6.23. The number of primary amides is 1. The van der Waals surface area contributed by atoms with Crippen molar-refractivity contribution in [2.45, 2.75) is 57.6 Å². The van der Waals surface area contributed by atoms with E-state index < -0.39 is 0 Å². The zero-order chi connectivity index (χ0) is 13.1. The number of hydrogen-bond acceptors (Lipinski definition) is 3. The summed E-state index contributed by atoms with van der Waals surface area (Å²) < 4.78 is 0. The molecule has 1 aliphatic heterocycles. The normalized spacial score (nSPS) is 37.9. The lowest BCUT2D eigenvalue weighted by Gasteiger charge is -2.29. The van der Waals surface area contributed by atoms with Gasteiger partial charge in [-0.15, -0.1) is 0 Å². The van der Waals surface area contributed by atoms with E-state index >= 15 is 0 Å². The van der Waals surface area contributed by atoms with Crippen LogP contribution in [0.5, 0.6) is 0 Å². The standard InChI is InChI=1S/C14H26N2O2/c1-10-3-2-4-11(7-10)5-6-16-9-12(17)8-13(16)14(15)18/h10-13,17H,2-9H2,1H3,(H2,15,18). The molecule has 4 nitrogen and oxygen atoms in total. The smallest absolute Gasteiger partial charge is 0.234 e. The number of aliphatic hydroxyl groups excluding tert-OH is 1. The molecule has 4 heteroatoms. The minimum Gasteiger partial charge on any atom is -0.392 e. The first-order valence-electron chi connectivity index (χ1n) is 7.27. The fourth-order valence-corrected chi connectivity index (χ4v) is 3.59. The highest BCUT2D eigenvalue weighted by molar-refractivity contribution is 5.80. The first-order chi connectivity index (χ1) is 8.56. The summed E-state index contributed by atoms with van der Waals surface area (Å²) in [7, 11) is 0. The Bertz CT molecular complexity index is 296. The fourth-order valence-electron chi connectivity index (χ4n) is 3.59. The number of carbonyl (C=O) groups excluding carboxylic acids is 1. The van der Waals surface area contributed by atoms with E-state index in [0.29, 0.717) is 13.0 Å². The lowest BCUT2D eigenvalue weighted by molar-refractivity contribution is -0.122. The molecular weight excluding hydrogens is 228 g/mol. The van der Waals surface area contributed by atoms with Gasteiger partial charge >= 0.3 is 0 Å². The molecule has 4 unspecified atom stereocenters. The number of hydrogen-bond donors (Lipinski definition) is 2. The molecule has 1 heterocycles. The van der Waals surface area contributed by atoms with Crippen LogP contribution in [-0.4, -0.2) is 41.1 Å². The quantitative estimate of drug-likeness (QED) is 0.790. The van der Waals surface area contributed by atoms with Gasteiger partial charge in [-0.3, -0.25) is 9.69 Å². The van der Waals surface area contributed by atoms with Crippen molar-refractivity contribution in [3.05, 3.63) is 0 Å². The van der Waals surface area contributed by atoms with Gasteiger partial charge in [-0.25, -0.2) is 0 Å². The van der Waals surface area contributed by atoms with E-state index in [9.17, 15) is 9.90 Å². The number of aliphatic hydroxyl groups is 1. The average Bonchev–Trinajstić information content (AvgIpc) is 2.68. The molecule has 0 bridgehead atoms. The second-order valence-corrected chi connectivity index (χ2v) is 6.23. The van der Waals surface area contributed by atoms with Gasteiger partial charge in [-0.2, -0.15) is 0 Å². The number of rotatable bonds is 4. The van der Waals surface area contributed by atoms with Crippen LogP contribution in [0.3, 0.4) is 0 Å². The maximum atomic E-state index is 11.3. The van der Waals surface area contributed by atoms with Crippen LogP contribution in [-0.2, 0) is 4.79 Å². The summed E-state index contributed by atoms with van der Waals surface area (Å²) in [4.78, 5) is 13.4. The molecule has 1 amide bonds. The van der Waals surface area contributed by atoms with Crippen molar-refractivity contribution in [2.24, 2.45) is 17.6 Å². The molecule has 0 aromatic rings. The highest BCUT2D eigenvalue weighted by Gasteiger charge is 2.34. The molecule has 0 spiro atoms. The van der Waals surface area contributed by atoms with Gasteiger partial charge in [0.1, 0.15) is 0 Å². The summed E-state index contributed by atoms with van der Waals surface area (Å²) in [5, 5.41) is 9.65. The van der Waals surface area contributed by atoms with Crippen LogP contribution in [0.25, 0.3) is 0 Å². The van der Waals surface area contributed by atoms with Crippen LogP contribution in [0.2, 0.25) is 0 Å². The van der Waals surface area contributed by atoms with Crippen molar-refractivity contribution in [3.63, 3.8) is 0 Å². The molecule has 1 aliphatic carbocycles. The number of nitrogens with zero attached hydrogens (tertiary/aromatic N) is 1. The third kappa shape index (κ3) is 3.45. The number of likely N-dealkylation sites (tertiary alicyclic amines) is 1. The van der Waals surface area contributed by atoms with Gasteiger partial charge in [0, 0.05) is 6.54 Å². The van der Waals surface area contributed by atoms with Crippen LogP contribution in [0, 0.1) is 11.8 Å². The Labute approximate surface area is 110 Å². The van der Waals surface area contributed by atoms with Gasteiger partial charge in [0.05, 0.1) is 12.1 Å². The molecule has 1 saturated carbocycles. The van der Waals surface area contributed by atoms with E-state index in [1.807, 2.05) is 0 Å². The summed E-state index contributed by atoms with van der Waals surface area (Å²) in [5.41, 5.74) is 5.39. The summed E-state index contributed by atoms with van der Waals surface area (Å²) in [6.45, 7) is 3.84. The van der Waals surface area contributed by atoms with Gasteiger partial charge in [0.15, 0.2) is 0 Å². The maximum absolute atomic E-state index is 11.3. The van der Waals surface area contributed by atoms with E-state index in [0.717, 1.165) is 24.8 Å². The van der Waals surface area contributed by atoms with Crippen LogP contribution in [0.15, 0.2) is 0 Å². The third-order valence-electron chi connectivity index (χ3n) is 4.58. The minimum absolute atomic E-state index is 0.249. The van der Waals surface area contributed by atoms with Gasteiger partial charge in [-0.05, 0) is 37.6 Å². The molecule has 0 radical (unpaired) electrons.